The quantitative estimate of drug-likeness (QED) is 0.849. The number of anilines is 1. The summed E-state index contributed by atoms with van der Waals surface area (Å²) >= 11 is 0. The molecule has 1 atom stereocenters. The average Bonchev–Trinajstić information content (AvgIpc) is 3.15. The second-order valence-corrected chi connectivity index (χ2v) is 6.00. The number of hydrogen-bond donors (Lipinski definition) is 0. The van der Waals surface area contributed by atoms with Crippen molar-refractivity contribution < 1.29 is 9.53 Å². The van der Waals surface area contributed by atoms with Crippen molar-refractivity contribution in [1.82, 2.24) is 14.9 Å². The van der Waals surface area contributed by atoms with Crippen molar-refractivity contribution in [3.05, 3.63) is 29.7 Å². The largest absolute Gasteiger partial charge is 0.377 e. The lowest BCUT2D eigenvalue weighted by Crippen LogP contribution is -2.44. The molecule has 2 heterocycles. The van der Waals surface area contributed by atoms with E-state index in [1.165, 1.54) is 0 Å². The number of aromatic nitrogens is 2. The molecule has 0 radical (unpaired) electrons. The second kappa shape index (κ2) is 7.08. The molecule has 0 N–H and O–H groups in total. The van der Waals surface area contributed by atoms with Crippen LogP contribution in [0.5, 0.6) is 0 Å². The molecule has 2 aliphatic rings. The molecule has 6 nitrogen and oxygen atoms in total. The molecule has 0 aromatic carbocycles. The van der Waals surface area contributed by atoms with E-state index in [0.29, 0.717) is 25.6 Å². The zero-order chi connectivity index (χ0) is 16.2. The molecule has 124 valence electrons. The van der Waals surface area contributed by atoms with E-state index >= 15 is 0 Å². The molecule has 0 unspecified atom stereocenters. The van der Waals surface area contributed by atoms with Crippen molar-refractivity contribution in [2.24, 2.45) is 0 Å². The third-order valence-corrected chi connectivity index (χ3v) is 4.53. The van der Waals surface area contributed by atoms with Crippen LogP contribution in [0, 0.1) is 0 Å². The number of morpholine rings is 1. The van der Waals surface area contributed by atoms with Crippen molar-refractivity contribution in [3.8, 4) is 0 Å². The summed E-state index contributed by atoms with van der Waals surface area (Å²) in [4.78, 5) is 25.8. The van der Waals surface area contributed by atoms with Gasteiger partial charge in [-0.2, -0.15) is 0 Å². The fourth-order valence-electron chi connectivity index (χ4n) is 3.01. The Bertz CT molecular complexity index is 602. The molecule has 23 heavy (non-hydrogen) atoms. The maximum absolute atomic E-state index is 12.8. The van der Waals surface area contributed by atoms with Gasteiger partial charge < -0.3 is 14.5 Å². The highest BCUT2D eigenvalue weighted by atomic mass is 16.5. The number of hydrogen-bond acceptors (Lipinski definition) is 5. The first-order chi connectivity index (χ1) is 11.2. The highest BCUT2D eigenvalue weighted by molar-refractivity contribution is 5.94. The lowest BCUT2D eigenvalue weighted by Gasteiger charge is -2.35. The third-order valence-electron chi connectivity index (χ3n) is 4.53. The minimum atomic E-state index is -0.206. The van der Waals surface area contributed by atoms with Gasteiger partial charge >= 0.3 is 0 Å². The van der Waals surface area contributed by atoms with E-state index in [9.17, 15) is 4.79 Å². The van der Waals surface area contributed by atoms with E-state index in [-0.39, 0.29) is 11.9 Å². The van der Waals surface area contributed by atoms with Gasteiger partial charge in [-0.3, -0.25) is 4.79 Å². The Balaban J connectivity index is 1.85. The van der Waals surface area contributed by atoms with Crippen LogP contribution in [0.4, 0.5) is 5.82 Å². The van der Waals surface area contributed by atoms with Crippen molar-refractivity contribution in [1.29, 1.82) is 0 Å². The van der Waals surface area contributed by atoms with E-state index in [1.807, 2.05) is 18.0 Å². The summed E-state index contributed by atoms with van der Waals surface area (Å²) in [6, 6.07) is 1.69. The molecule has 3 rings (SSSR count). The van der Waals surface area contributed by atoms with E-state index in [2.05, 4.69) is 27.9 Å². The number of nitrogens with zero attached hydrogens (tertiary/aromatic N) is 4. The van der Waals surface area contributed by atoms with Crippen LogP contribution in [0.25, 0.3) is 0 Å². The van der Waals surface area contributed by atoms with Crippen LogP contribution in [0.1, 0.15) is 38.1 Å². The predicted molar refractivity (Wildman–Crippen MR) is 88.2 cm³/mol. The van der Waals surface area contributed by atoms with Gasteiger partial charge in [0.15, 0.2) is 5.82 Å². The number of carbonyl (C=O) groups excluding carboxylic acids is 1. The Hall–Kier alpha value is -1.95. The Morgan fingerprint density at radius 1 is 1.52 bits per heavy atom. The number of ether oxygens (including phenoxy) is 1. The summed E-state index contributed by atoms with van der Waals surface area (Å²) in [5, 5.41) is 0. The van der Waals surface area contributed by atoms with Gasteiger partial charge in [-0.1, -0.05) is 6.08 Å². The summed E-state index contributed by atoms with van der Waals surface area (Å²) < 4.78 is 5.60. The maximum Gasteiger partial charge on any atom is 0.250 e. The molecule has 1 saturated heterocycles. The summed E-state index contributed by atoms with van der Waals surface area (Å²) in [6.45, 7) is 4.57. The molecule has 1 aromatic heterocycles. The van der Waals surface area contributed by atoms with Crippen LogP contribution < -0.4 is 4.90 Å². The maximum atomic E-state index is 12.8. The van der Waals surface area contributed by atoms with Gasteiger partial charge in [-0.05, 0) is 32.3 Å². The van der Waals surface area contributed by atoms with Crippen molar-refractivity contribution in [2.45, 2.75) is 32.2 Å². The topological polar surface area (TPSA) is 58.6 Å². The van der Waals surface area contributed by atoms with Crippen LogP contribution >= 0.6 is 0 Å². The Labute approximate surface area is 137 Å². The minimum Gasteiger partial charge on any atom is -0.377 e. The Morgan fingerprint density at radius 2 is 2.39 bits per heavy atom. The normalized spacial score (nSPS) is 21.2. The monoisotopic (exact) mass is 316 g/mol. The van der Waals surface area contributed by atoms with Crippen molar-refractivity contribution >= 4 is 11.7 Å². The number of rotatable bonds is 4. The number of amides is 1. The van der Waals surface area contributed by atoms with Gasteiger partial charge in [0.1, 0.15) is 11.9 Å². The lowest BCUT2D eigenvalue weighted by molar-refractivity contribution is -0.136. The molecule has 1 fully saturated rings. The zero-order valence-electron chi connectivity index (χ0n) is 13.9. The molecule has 1 aromatic rings. The van der Waals surface area contributed by atoms with Gasteiger partial charge in [0.25, 0.3) is 0 Å². The Kier molecular flexibility index (Phi) is 4.91. The third kappa shape index (κ3) is 3.37. The van der Waals surface area contributed by atoms with Crippen LogP contribution in [0.3, 0.4) is 0 Å². The first-order valence-corrected chi connectivity index (χ1v) is 8.32. The average molecular weight is 316 g/mol. The SMILES string of the molecule is CCN(C)c1ccnc([C@H]2COCCN2C(=O)C2=CCCC2)n1. The van der Waals surface area contributed by atoms with E-state index in [4.69, 9.17) is 4.74 Å². The molecule has 0 spiro atoms. The smallest absolute Gasteiger partial charge is 0.250 e. The van der Waals surface area contributed by atoms with E-state index in [1.54, 1.807) is 6.20 Å². The van der Waals surface area contributed by atoms with E-state index < -0.39 is 0 Å². The van der Waals surface area contributed by atoms with Crippen molar-refractivity contribution in [3.63, 3.8) is 0 Å². The molecule has 0 saturated carbocycles. The van der Waals surface area contributed by atoms with Gasteiger partial charge in [-0.25, -0.2) is 9.97 Å². The molecule has 1 amide bonds. The standard InChI is InChI=1S/C17H24N4O2/c1-3-20(2)15-8-9-18-16(19-15)14-12-23-11-10-21(14)17(22)13-6-4-5-7-13/h6,8-9,14H,3-5,7,10-12H2,1-2H3/t14-/m1/s1. The molecule has 0 bridgehead atoms. The summed E-state index contributed by atoms with van der Waals surface area (Å²) in [5.74, 6) is 1.65. The van der Waals surface area contributed by atoms with Crippen LogP contribution in [0.2, 0.25) is 0 Å². The highest BCUT2D eigenvalue weighted by Crippen LogP contribution is 2.27. The fourth-order valence-corrected chi connectivity index (χ4v) is 3.01. The fraction of sp³-hybridized carbons (Fsp3) is 0.588. The summed E-state index contributed by atoms with van der Waals surface area (Å²) in [5.41, 5.74) is 0.929. The van der Waals surface area contributed by atoms with Gasteiger partial charge in [-0.15, -0.1) is 0 Å². The number of carbonyl (C=O) groups is 1. The van der Waals surface area contributed by atoms with Crippen molar-refractivity contribution in [2.75, 3.05) is 38.3 Å². The number of allylic oxidation sites excluding steroid dienone is 1. The second-order valence-electron chi connectivity index (χ2n) is 6.00. The van der Waals surface area contributed by atoms with E-state index in [0.717, 1.165) is 37.2 Å². The molecular formula is C17H24N4O2. The highest BCUT2D eigenvalue weighted by Gasteiger charge is 2.32. The zero-order valence-corrected chi connectivity index (χ0v) is 13.9. The Morgan fingerprint density at radius 3 is 3.13 bits per heavy atom. The molecule has 6 heteroatoms. The summed E-state index contributed by atoms with van der Waals surface area (Å²) in [6.07, 6.45) is 6.78. The minimum absolute atomic E-state index is 0.119. The van der Waals surface area contributed by atoms with Crippen LogP contribution in [-0.4, -0.2) is 54.1 Å². The van der Waals surface area contributed by atoms with Gasteiger partial charge in [0.2, 0.25) is 5.91 Å². The van der Waals surface area contributed by atoms with Gasteiger partial charge in [0.05, 0.1) is 13.2 Å². The lowest BCUT2D eigenvalue weighted by atomic mass is 10.1. The molecular weight excluding hydrogens is 292 g/mol. The predicted octanol–water partition coefficient (Wildman–Crippen LogP) is 1.94. The van der Waals surface area contributed by atoms with Crippen LogP contribution in [-0.2, 0) is 9.53 Å². The first-order valence-electron chi connectivity index (χ1n) is 8.32. The molecule has 1 aliphatic carbocycles. The first kappa shape index (κ1) is 15.9. The van der Waals surface area contributed by atoms with Crippen LogP contribution in [0.15, 0.2) is 23.9 Å². The molecule has 1 aliphatic heterocycles. The van der Waals surface area contributed by atoms with Gasteiger partial charge in [0, 0.05) is 31.9 Å². The summed E-state index contributed by atoms with van der Waals surface area (Å²) in [7, 11) is 2.00.